The number of halogens is 2. The number of thiazole rings is 1. The number of aromatic nitrogens is 1. The molecule has 3 N–H and O–H groups in total. The highest BCUT2D eigenvalue weighted by Crippen LogP contribution is 2.17. The molecule has 1 aromatic heterocycles. The number of hydrogen-bond donors (Lipinski definition) is 3. The van der Waals surface area contributed by atoms with Crippen LogP contribution in [0.5, 0.6) is 5.75 Å². The lowest BCUT2D eigenvalue weighted by Gasteiger charge is -2.15. The van der Waals surface area contributed by atoms with Gasteiger partial charge in [0.05, 0.1) is 12.2 Å². The van der Waals surface area contributed by atoms with Crippen molar-refractivity contribution in [2.24, 2.45) is 4.99 Å². The van der Waals surface area contributed by atoms with E-state index in [-0.39, 0.29) is 42.9 Å². The summed E-state index contributed by atoms with van der Waals surface area (Å²) in [5, 5.41) is 17.2. The molecule has 0 saturated heterocycles. The third-order valence-corrected chi connectivity index (χ3v) is 4.61. The largest absolute Gasteiger partial charge is 0.491 e. The van der Waals surface area contributed by atoms with Crippen LogP contribution in [0, 0.1) is 19.7 Å². The van der Waals surface area contributed by atoms with Gasteiger partial charge < -0.3 is 20.5 Å². The average molecular weight is 508 g/mol. The van der Waals surface area contributed by atoms with Crippen LogP contribution in [0.15, 0.2) is 29.3 Å². The molecule has 0 radical (unpaired) electrons. The van der Waals surface area contributed by atoms with Crippen molar-refractivity contribution in [2.75, 3.05) is 19.7 Å². The van der Waals surface area contributed by atoms with Crippen molar-refractivity contribution < 1.29 is 14.2 Å². The number of aliphatic hydroxyl groups is 1. The highest BCUT2D eigenvalue weighted by molar-refractivity contribution is 14.0. The maximum Gasteiger partial charge on any atom is 0.191 e. The molecule has 150 valence electrons. The number of nitrogens with zero attached hydrogens (tertiary/aromatic N) is 2. The van der Waals surface area contributed by atoms with E-state index in [4.69, 9.17) is 4.74 Å². The van der Waals surface area contributed by atoms with Gasteiger partial charge in [0, 0.05) is 18.0 Å². The van der Waals surface area contributed by atoms with Crippen molar-refractivity contribution in [3.8, 4) is 5.75 Å². The number of aliphatic hydroxyl groups excluding tert-OH is 1. The summed E-state index contributed by atoms with van der Waals surface area (Å²) in [5.74, 6) is 0.802. The second-order valence-electron chi connectivity index (χ2n) is 5.74. The van der Waals surface area contributed by atoms with Gasteiger partial charge in [0.2, 0.25) is 0 Å². The smallest absolute Gasteiger partial charge is 0.191 e. The van der Waals surface area contributed by atoms with Crippen molar-refractivity contribution in [3.05, 3.63) is 45.7 Å². The predicted molar refractivity (Wildman–Crippen MR) is 118 cm³/mol. The van der Waals surface area contributed by atoms with E-state index >= 15 is 0 Å². The first-order valence-corrected chi connectivity index (χ1v) is 9.31. The highest BCUT2D eigenvalue weighted by atomic mass is 127. The molecule has 2 aromatic rings. The van der Waals surface area contributed by atoms with Gasteiger partial charge >= 0.3 is 0 Å². The van der Waals surface area contributed by atoms with E-state index in [0.717, 1.165) is 10.7 Å². The van der Waals surface area contributed by atoms with E-state index in [1.54, 1.807) is 11.3 Å². The van der Waals surface area contributed by atoms with Gasteiger partial charge in [0.1, 0.15) is 29.3 Å². The van der Waals surface area contributed by atoms with Gasteiger partial charge in [0.25, 0.3) is 0 Å². The van der Waals surface area contributed by atoms with Gasteiger partial charge in [-0.25, -0.2) is 14.4 Å². The van der Waals surface area contributed by atoms with Crippen LogP contribution in [-0.4, -0.2) is 41.9 Å². The number of aliphatic imine (C=N–C) groups is 1. The number of nitrogens with one attached hydrogen (secondary N) is 2. The zero-order valence-corrected chi connectivity index (χ0v) is 18.8. The number of hydrogen-bond acceptors (Lipinski definition) is 5. The fourth-order valence-electron chi connectivity index (χ4n) is 2.09. The molecule has 0 aliphatic heterocycles. The first kappa shape index (κ1) is 23.6. The van der Waals surface area contributed by atoms with Gasteiger partial charge in [-0.1, -0.05) is 0 Å². The van der Waals surface area contributed by atoms with Crippen molar-refractivity contribution in [3.63, 3.8) is 0 Å². The normalized spacial score (nSPS) is 12.3. The second kappa shape index (κ2) is 12.1. The average Bonchev–Trinajstić information content (AvgIpc) is 2.95. The minimum atomic E-state index is -0.728. The summed E-state index contributed by atoms with van der Waals surface area (Å²) in [6.07, 6.45) is -0.728. The summed E-state index contributed by atoms with van der Waals surface area (Å²) in [6.45, 7) is 7.58. The molecule has 0 bridgehead atoms. The number of aryl methyl sites for hydroxylation is 2. The van der Waals surface area contributed by atoms with Crippen LogP contribution in [0.25, 0.3) is 0 Å². The zero-order valence-electron chi connectivity index (χ0n) is 15.7. The highest BCUT2D eigenvalue weighted by Gasteiger charge is 2.08. The first-order valence-electron chi connectivity index (χ1n) is 8.49. The van der Waals surface area contributed by atoms with Crippen LogP contribution in [0.1, 0.15) is 22.5 Å². The monoisotopic (exact) mass is 508 g/mol. The Morgan fingerprint density at radius 3 is 2.59 bits per heavy atom. The standard InChI is InChI=1S/C18H25FN4O2S.HI/c1-4-20-18(22-10-17-23-12(2)13(3)26-17)21-9-15(24)11-25-16-7-5-14(19)6-8-16;/h5-8,15,24H,4,9-11H2,1-3H3,(H2,20,21,22);1H. The second-order valence-corrected chi connectivity index (χ2v) is 7.03. The Balaban J connectivity index is 0.00000364. The summed E-state index contributed by atoms with van der Waals surface area (Å²) < 4.78 is 18.3. The van der Waals surface area contributed by atoms with Gasteiger partial charge in [-0.3, -0.25) is 0 Å². The molecule has 1 atom stereocenters. The van der Waals surface area contributed by atoms with Crippen LogP contribution in [0.2, 0.25) is 0 Å². The lowest BCUT2D eigenvalue weighted by Crippen LogP contribution is -2.42. The van der Waals surface area contributed by atoms with E-state index in [2.05, 4.69) is 20.6 Å². The molecule has 1 aromatic carbocycles. The first-order chi connectivity index (χ1) is 12.5. The molecule has 27 heavy (non-hydrogen) atoms. The Kier molecular flexibility index (Phi) is 10.6. The number of guanidine groups is 1. The summed E-state index contributed by atoms with van der Waals surface area (Å²) in [4.78, 5) is 10.1. The lowest BCUT2D eigenvalue weighted by molar-refractivity contribution is 0.110. The van der Waals surface area contributed by atoms with Gasteiger partial charge in [-0.05, 0) is 45.0 Å². The number of ether oxygens (including phenoxy) is 1. The summed E-state index contributed by atoms with van der Waals surface area (Å²) >= 11 is 1.64. The third kappa shape index (κ3) is 8.39. The van der Waals surface area contributed by atoms with E-state index in [0.29, 0.717) is 24.8 Å². The van der Waals surface area contributed by atoms with Crippen LogP contribution in [0.3, 0.4) is 0 Å². The Bertz CT molecular complexity index is 705. The maximum absolute atomic E-state index is 12.8. The SMILES string of the molecule is CCNC(=NCc1nc(C)c(C)s1)NCC(O)COc1ccc(F)cc1.I. The summed E-state index contributed by atoms with van der Waals surface area (Å²) in [5.41, 5.74) is 1.03. The number of benzene rings is 1. The molecule has 0 aliphatic rings. The molecule has 0 amide bonds. The van der Waals surface area contributed by atoms with E-state index < -0.39 is 6.10 Å². The Hall–Kier alpha value is -1.46. The molecule has 9 heteroatoms. The topological polar surface area (TPSA) is 78.8 Å². The zero-order chi connectivity index (χ0) is 18.9. The quantitative estimate of drug-likeness (QED) is 0.291. The van der Waals surface area contributed by atoms with Gasteiger partial charge in [-0.15, -0.1) is 35.3 Å². The van der Waals surface area contributed by atoms with Crippen LogP contribution in [0.4, 0.5) is 4.39 Å². The Morgan fingerprint density at radius 2 is 2.00 bits per heavy atom. The number of rotatable bonds is 8. The third-order valence-electron chi connectivity index (χ3n) is 3.55. The molecular weight excluding hydrogens is 482 g/mol. The molecule has 2 rings (SSSR count). The van der Waals surface area contributed by atoms with E-state index in [1.807, 2.05) is 20.8 Å². The fraction of sp³-hybridized carbons (Fsp3) is 0.444. The summed E-state index contributed by atoms with van der Waals surface area (Å²) in [6, 6.07) is 5.69. The molecule has 0 aliphatic carbocycles. The molecule has 0 spiro atoms. The van der Waals surface area contributed by atoms with Crippen LogP contribution >= 0.6 is 35.3 Å². The lowest BCUT2D eigenvalue weighted by atomic mass is 10.3. The maximum atomic E-state index is 12.8. The minimum absolute atomic E-state index is 0. The molecular formula is C18H26FIN4O2S. The molecule has 0 fully saturated rings. The van der Waals surface area contributed by atoms with Gasteiger partial charge in [-0.2, -0.15) is 0 Å². The minimum Gasteiger partial charge on any atom is -0.491 e. The van der Waals surface area contributed by atoms with E-state index in [1.165, 1.54) is 29.1 Å². The van der Waals surface area contributed by atoms with Crippen LogP contribution in [-0.2, 0) is 6.54 Å². The Morgan fingerprint density at radius 1 is 1.30 bits per heavy atom. The summed E-state index contributed by atoms with van der Waals surface area (Å²) in [7, 11) is 0. The van der Waals surface area contributed by atoms with E-state index in [9.17, 15) is 9.50 Å². The van der Waals surface area contributed by atoms with Crippen molar-refractivity contribution in [1.82, 2.24) is 15.6 Å². The van der Waals surface area contributed by atoms with Gasteiger partial charge in [0.15, 0.2) is 5.96 Å². The predicted octanol–water partition coefficient (Wildman–Crippen LogP) is 3.01. The molecule has 1 unspecified atom stereocenters. The molecule has 0 saturated carbocycles. The Labute approximate surface area is 180 Å². The van der Waals surface area contributed by atoms with Crippen molar-refractivity contribution in [2.45, 2.75) is 33.4 Å². The van der Waals surface area contributed by atoms with Crippen LogP contribution < -0.4 is 15.4 Å². The molecule has 1 heterocycles. The molecule has 6 nitrogen and oxygen atoms in total. The van der Waals surface area contributed by atoms with Crippen molar-refractivity contribution >= 4 is 41.3 Å². The fourth-order valence-corrected chi connectivity index (χ4v) is 2.95. The van der Waals surface area contributed by atoms with Crippen molar-refractivity contribution in [1.29, 1.82) is 0 Å².